The van der Waals surface area contributed by atoms with Crippen molar-refractivity contribution in [3.8, 4) is 0 Å². The van der Waals surface area contributed by atoms with Crippen molar-refractivity contribution in [1.29, 1.82) is 0 Å². The van der Waals surface area contributed by atoms with Gasteiger partial charge in [-0.1, -0.05) is 12.1 Å². The van der Waals surface area contributed by atoms with E-state index in [1.807, 2.05) is 18.2 Å². The number of hydrogen-bond acceptors (Lipinski definition) is 4. The fourth-order valence-electron chi connectivity index (χ4n) is 2.01. The lowest BCUT2D eigenvalue weighted by Gasteiger charge is -2.19. The third-order valence-electron chi connectivity index (χ3n) is 3.04. The smallest absolute Gasteiger partial charge is 0.252 e. The normalized spacial score (nSPS) is 14.7. The molecule has 1 aliphatic heterocycles. The van der Waals surface area contributed by atoms with Crippen molar-refractivity contribution in [3.63, 3.8) is 0 Å². The predicted octanol–water partition coefficient (Wildman–Crippen LogP) is 2.65. The molecule has 0 aliphatic carbocycles. The molecule has 21 heavy (non-hydrogen) atoms. The van der Waals surface area contributed by atoms with Gasteiger partial charge in [-0.05, 0) is 59.1 Å². The molecule has 0 saturated carbocycles. The highest BCUT2D eigenvalue weighted by molar-refractivity contribution is 9.10. The number of halogens is 1. The van der Waals surface area contributed by atoms with Crippen molar-refractivity contribution in [1.82, 2.24) is 5.32 Å². The Morgan fingerprint density at radius 3 is 2.81 bits per heavy atom. The molecule has 0 fully saturated rings. The standard InChI is InChI=1S/C15H17BrN2O3/c16-14-4-2-1-3-13(14)15(19)18-12(5-7-17)9-11-6-8-20-21-10-11/h1-4,6,8,10,12H,5,7,9,17H2,(H,18,19)/t12-/m1/s1. The molecule has 1 aromatic rings. The molecule has 0 spiro atoms. The van der Waals surface area contributed by atoms with E-state index in [-0.39, 0.29) is 11.9 Å². The third-order valence-corrected chi connectivity index (χ3v) is 3.74. The van der Waals surface area contributed by atoms with Crippen molar-refractivity contribution in [3.05, 3.63) is 58.5 Å². The van der Waals surface area contributed by atoms with Crippen molar-refractivity contribution >= 4 is 21.8 Å². The Hall–Kier alpha value is -1.79. The molecule has 1 amide bonds. The average Bonchev–Trinajstić information content (AvgIpc) is 2.49. The van der Waals surface area contributed by atoms with Gasteiger partial charge in [-0.15, -0.1) is 0 Å². The van der Waals surface area contributed by atoms with E-state index in [0.717, 1.165) is 10.0 Å². The second kappa shape index (κ2) is 7.85. The topological polar surface area (TPSA) is 73.6 Å². The van der Waals surface area contributed by atoms with Crippen LogP contribution in [0.2, 0.25) is 0 Å². The molecular formula is C15H17BrN2O3. The summed E-state index contributed by atoms with van der Waals surface area (Å²) in [5.41, 5.74) is 7.17. The first-order chi connectivity index (χ1) is 10.2. The van der Waals surface area contributed by atoms with Gasteiger partial charge in [0.25, 0.3) is 5.91 Å². The maximum absolute atomic E-state index is 12.3. The van der Waals surface area contributed by atoms with Gasteiger partial charge in [-0.25, -0.2) is 0 Å². The van der Waals surface area contributed by atoms with Crippen molar-refractivity contribution in [2.75, 3.05) is 6.54 Å². The molecule has 6 heteroatoms. The van der Waals surface area contributed by atoms with Gasteiger partial charge in [0, 0.05) is 10.5 Å². The maximum atomic E-state index is 12.3. The van der Waals surface area contributed by atoms with Crippen LogP contribution >= 0.6 is 15.9 Å². The summed E-state index contributed by atoms with van der Waals surface area (Å²) in [7, 11) is 0. The largest absolute Gasteiger partial charge is 0.349 e. The number of benzene rings is 1. The van der Waals surface area contributed by atoms with Crippen LogP contribution in [0.15, 0.2) is 52.9 Å². The number of allylic oxidation sites excluding steroid dienone is 1. The Bertz CT molecular complexity index is 558. The Balaban J connectivity index is 2.02. The Labute approximate surface area is 131 Å². The molecule has 0 bridgehead atoms. The Kier molecular flexibility index (Phi) is 5.83. The minimum atomic E-state index is -0.126. The zero-order valence-corrected chi connectivity index (χ0v) is 13.0. The molecule has 0 saturated heterocycles. The first-order valence-corrected chi connectivity index (χ1v) is 7.43. The summed E-state index contributed by atoms with van der Waals surface area (Å²) in [5, 5.41) is 3.00. The van der Waals surface area contributed by atoms with Gasteiger partial charge < -0.3 is 11.1 Å². The monoisotopic (exact) mass is 352 g/mol. The summed E-state index contributed by atoms with van der Waals surface area (Å²) in [5.74, 6) is -0.126. The molecular weight excluding hydrogens is 336 g/mol. The first kappa shape index (κ1) is 15.6. The summed E-state index contributed by atoms with van der Waals surface area (Å²) in [6, 6.07) is 7.25. The molecule has 5 nitrogen and oxygen atoms in total. The third kappa shape index (κ3) is 4.61. The van der Waals surface area contributed by atoms with Crippen LogP contribution in [-0.4, -0.2) is 18.5 Å². The van der Waals surface area contributed by atoms with Crippen LogP contribution in [-0.2, 0) is 9.78 Å². The molecule has 0 radical (unpaired) electrons. The van der Waals surface area contributed by atoms with Crippen LogP contribution in [0.4, 0.5) is 0 Å². The zero-order chi connectivity index (χ0) is 15.1. The van der Waals surface area contributed by atoms with E-state index in [1.165, 1.54) is 12.5 Å². The maximum Gasteiger partial charge on any atom is 0.252 e. The van der Waals surface area contributed by atoms with E-state index in [2.05, 4.69) is 26.1 Å². The van der Waals surface area contributed by atoms with E-state index < -0.39 is 0 Å². The number of amides is 1. The lowest BCUT2D eigenvalue weighted by molar-refractivity contribution is -0.199. The van der Waals surface area contributed by atoms with Crippen molar-refractivity contribution < 1.29 is 14.6 Å². The summed E-state index contributed by atoms with van der Waals surface area (Å²) < 4.78 is 0.766. The highest BCUT2D eigenvalue weighted by Gasteiger charge is 2.16. The molecule has 3 N–H and O–H groups in total. The van der Waals surface area contributed by atoms with Gasteiger partial charge in [-0.2, -0.15) is 0 Å². The van der Waals surface area contributed by atoms with E-state index in [4.69, 9.17) is 10.6 Å². The van der Waals surface area contributed by atoms with Gasteiger partial charge in [0.1, 0.15) is 12.5 Å². The molecule has 0 aromatic heterocycles. The van der Waals surface area contributed by atoms with Gasteiger partial charge >= 0.3 is 0 Å². The van der Waals surface area contributed by atoms with Crippen LogP contribution in [0.5, 0.6) is 0 Å². The van der Waals surface area contributed by atoms with E-state index >= 15 is 0 Å². The molecule has 112 valence electrons. The highest BCUT2D eigenvalue weighted by atomic mass is 79.9. The molecule has 2 rings (SSSR count). The lowest BCUT2D eigenvalue weighted by Crippen LogP contribution is -2.36. The van der Waals surface area contributed by atoms with E-state index in [1.54, 1.807) is 12.1 Å². The number of rotatable bonds is 6. The number of nitrogens with two attached hydrogens (primary N) is 1. The van der Waals surface area contributed by atoms with Crippen LogP contribution in [0.1, 0.15) is 23.2 Å². The quantitative estimate of drug-likeness (QED) is 0.772. The fourth-order valence-corrected chi connectivity index (χ4v) is 2.48. The van der Waals surface area contributed by atoms with Crippen LogP contribution in [0, 0.1) is 0 Å². The number of hydrogen-bond donors (Lipinski definition) is 2. The Morgan fingerprint density at radius 1 is 1.33 bits per heavy atom. The average molecular weight is 353 g/mol. The molecule has 1 aromatic carbocycles. The van der Waals surface area contributed by atoms with E-state index in [9.17, 15) is 4.79 Å². The van der Waals surface area contributed by atoms with Crippen LogP contribution < -0.4 is 11.1 Å². The molecule has 1 atom stereocenters. The van der Waals surface area contributed by atoms with Crippen LogP contribution in [0.25, 0.3) is 0 Å². The van der Waals surface area contributed by atoms with Gasteiger partial charge in [-0.3, -0.25) is 14.6 Å². The second-order valence-electron chi connectivity index (χ2n) is 4.62. The fraction of sp³-hybridized carbons (Fsp3) is 0.267. The summed E-state index contributed by atoms with van der Waals surface area (Å²) in [6.07, 6.45) is 6.10. The summed E-state index contributed by atoms with van der Waals surface area (Å²) >= 11 is 3.38. The molecule has 1 aliphatic rings. The minimum Gasteiger partial charge on any atom is -0.349 e. The number of nitrogens with one attached hydrogen (secondary N) is 1. The van der Waals surface area contributed by atoms with Gasteiger partial charge in [0.05, 0.1) is 5.56 Å². The lowest BCUT2D eigenvalue weighted by atomic mass is 10.0. The second-order valence-corrected chi connectivity index (χ2v) is 5.47. The number of carbonyl (C=O) groups excluding carboxylic acids is 1. The van der Waals surface area contributed by atoms with Crippen LogP contribution in [0.3, 0.4) is 0 Å². The number of carbonyl (C=O) groups is 1. The highest BCUT2D eigenvalue weighted by Crippen LogP contribution is 2.18. The van der Waals surface area contributed by atoms with Gasteiger partial charge in [0.2, 0.25) is 0 Å². The van der Waals surface area contributed by atoms with Crippen molar-refractivity contribution in [2.45, 2.75) is 18.9 Å². The summed E-state index contributed by atoms with van der Waals surface area (Å²) in [6.45, 7) is 0.495. The Morgan fingerprint density at radius 2 is 2.14 bits per heavy atom. The summed E-state index contributed by atoms with van der Waals surface area (Å²) in [4.78, 5) is 21.7. The van der Waals surface area contributed by atoms with E-state index in [0.29, 0.717) is 24.9 Å². The van der Waals surface area contributed by atoms with Gasteiger partial charge in [0.15, 0.2) is 0 Å². The SMILES string of the molecule is NCC[C@H](CC1=COOC=C1)NC(=O)c1ccccc1Br. The predicted molar refractivity (Wildman–Crippen MR) is 83.1 cm³/mol. The first-order valence-electron chi connectivity index (χ1n) is 6.64. The minimum absolute atomic E-state index is 0.0628. The molecule has 1 heterocycles. The zero-order valence-electron chi connectivity index (χ0n) is 11.4. The van der Waals surface area contributed by atoms with Crippen molar-refractivity contribution in [2.24, 2.45) is 5.73 Å². The molecule has 0 unspecified atom stereocenters.